The summed E-state index contributed by atoms with van der Waals surface area (Å²) in [6, 6.07) is 4.54. The van der Waals surface area contributed by atoms with Crippen molar-refractivity contribution in [1.82, 2.24) is 15.1 Å². The van der Waals surface area contributed by atoms with E-state index in [0.717, 1.165) is 18.3 Å². The zero-order valence-corrected chi connectivity index (χ0v) is 12.9. The number of rotatable bonds is 5. The molecule has 108 valence electrons. The number of hydrogen-bond donors (Lipinski definition) is 1. The van der Waals surface area contributed by atoms with Gasteiger partial charge in [0.15, 0.2) is 11.6 Å². The highest BCUT2D eigenvalue weighted by Crippen LogP contribution is 2.29. The van der Waals surface area contributed by atoms with Gasteiger partial charge in [-0.25, -0.2) is 8.78 Å². The molecule has 1 heterocycles. The molecule has 3 nitrogen and oxygen atoms in total. The maximum absolute atomic E-state index is 13.7. The van der Waals surface area contributed by atoms with Gasteiger partial charge >= 0.3 is 0 Å². The van der Waals surface area contributed by atoms with Crippen LogP contribution in [-0.4, -0.2) is 16.3 Å². The van der Waals surface area contributed by atoms with E-state index in [2.05, 4.69) is 26.3 Å². The molecule has 0 amide bonds. The molecule has 2 rings (SSSR count). The van der Waals surface area contributed by atoms with Gasteiger partial charge in [0.2, 0.25) is 0 Å². The van der Waals surface area contributed by atoms with E-state index in [9.17, 15) is 8.78 Å². The first-order valence-corrected chi connectivity index (χ1v) is 7.17. The van der Waals surface area contributed by atoms with Crippen molar-refractivity contribution in [3.8, 4) is 0 Å². The number of aromatic nitrogens is 2. The third-order valence-electron chi connectivity index (χ3n) is 3.07. The molecule has 1 N–H and O–H groups in total. The highest BCUT2D eigenvalue weighted by Gasteiger charge is 2.19. The quantitative estimate of drug-likeness (QED) is 0.843. The van der Waals surface area contributed by atoms with E-state index in [1.807, 2.05) is 26.2 Å². The van der Waals surface area contributed by atoms with E-state index in [1.54, 1.807) is 10.7 Å². The number of benzene rings is 1. The lowest BCUT2D eigenvalue weighted by atomic mass is 10.0. The summed E-state index contributed by atoms with van der Waals surface area (Å²) >= 11 is 3.14. The Balaban J connectivity index is 2.31. The first-order valence-electron chi connectivity index (χ1n) is 6.38. The molecular weight excluding hydrogens is 328 g/mol. The molecule has 20 heavy (non-hydrogen) atoms. The fraction of sp³-hybridized carbons (Fsp3) is 0.357. The Bertz CT molecular complexity index is 598. The Morgan fingerprint density at radius 3 is 2.70 bits per heavy atom. The van der Waals surface area contributed by atoms with Crippen molar-refractivity contribution in [3.63, 3.8) is 0 Å². The van der Waals surface area contributed by atoms with E-state index in [0.29, 0.717) is 12.0 Å². The number of aryl methyl sites for hydroxylation is 1. The Kier molecular flexibility index (Phi) is 4.88. The van der Waals surface area contributed by atoms with Gasteiger partial charge in [0, 0.05) is 25.7 Å². The van der Waals surface area contributed by atoms with Crippen molar-refractivity contribution in [1.29, 1.82) is 0 Å². The van der Waals surface area contributed by atoms with Crippen LogP contribution >= 0.6 is 15.9 Å². The molecule has 6 heteroatoms. The van der Waals surface area contributed by atoms with Gasteiger partial charge in [-0.2, -0.15) is 5.10 Å². The topological polar surface area (TPSA) is 29.9 Å². The molecule has 0 aliphatic heterocycles. The van der Waals surface area contributed by atoms with Crippen LogP contribution in [-0.2, 0) is 13.5 Å². The lowest BCUT2D eigenvalue weighted by Gasteiger charge is -2.19. The van der Waals surface area contributed by atoms with E-state index < -0.39 is 11.6 Å². The van der Waals surface area contributed by atoms with E-state index in [1.165, 1.54) is 0 Å². The van der Waals surface area contributed by atoms with Gasteiger partial charge in [0.25, 0.3) is 0 Å². The number of nitrogens with one attached hydrogen (secondary N) is 1. The standard InChI is InChI=1S/C14H16BrF2N3/c1-3-18-12(8-9-6-7-20(2)19-9)10-4-5-11(16)14(17)13(10)15/h4-7,12,18H,3,8H2,1-2H3. The maximum Gasteiger partial charge on any atom is 0.173 e. The van der Waals surface area contributed by atoms with Crippen LogP contribution in [0, 0.1) is 11.6 Å². The van der Waals surface area contributed by atoms with Crippen molar-refractivity contribution in [2.45, 2.75) is 19.4 Å². The molecule has 0 saturated carbocycles. The third kappa shape index (κ3) is 3.24. The highest BCUT2D eigenvalue weighted by atomic mass is 79.9. The average molecular weight is 344 g/mol. The van der Waals surface area contributed by atoms with Gasteiger partial charge < -0.3 is 5.32 Å². The van der Waals surface area contributed by atoms with Crippen LogP contribution in [0.25, 0.3) is 0 Å². The molecule has 0 radical (unpaired) electrons. The monoisotopic (exact) mass is 343 g/mol. The van der Waals surface area contributed by atoms with Crippen LogP contribution < -0.4 is 5.32 Å². The second kappa shape index (κ2) is 6.45. The van der Waals surface area contributed by atoms with Gasteiger partial charge in [-0.1, -0.05) is 13.0 Å². The summed E-state index contributed by atoms with van der Waals surface area (Å²) in [5, 5.41) is 7.60. The Hall–Kier alpha value is -1.27. The molecular formula is C14H16BrF2N3. The number of nitrogens with zero attached hydrogens (tertiary/aromatic N) is 2. The fourth-order valence-electron chi connectivity index (χ4n) is 2.13. The van der Waals surface area contributed by atoms with Crippen LogP contribution in [0.15, 0.2) is 28.9 Å². The molecule has 0 fully saturated rings. The van der Waals surface area contributed by atoms with Crippen molar-refractivity contribution in [2.75, 3.05) is 6.54 Å². The summed E-state index contributed by atoms with van der Waals surface area (Å²) in [4.78, 5) is 0. The van der Waals surface area contributed by atoms with Crippen LogP contribution in [0.3, 0.4) is 0 Å². The van der Waals surface area contributed by atoms with Crippen molar-refractivity contribution < 1.29 is 8.78 Å². The SMILES string of the molecule is CCNC(Cc1ccn(C)n1)c1ccc(F)c(F)c1Br. The van der Waals surface area contributed by atoms with E-state index >= 15 is 0 Å². The smallest absolute Gasteiger partial charge is 0.173 e. The number of likely N-dealkylation sites (N-methyl/N-ethyl adjacent to an activating group) is 1. The maximum atomic E-state index is 13.7. The Morgan fingerprint density at radius 1 is 1.35 bits per heavy atom. The first-order chi connectivity index (χ1) is 9.52. The predicted molar refractivity (Wildman–Crippen MR) is 77.4 cm³/mol. The minimum Gasteiger partial charge on any atom is -0.310 e. The van der Waals surface area contributed by atoms with Crippen LogP contribution in [0.2, 0.25) is 0 Å². The molecule has 0 bridgehead atoms. The first kappa shape index (κ1) is 15.1. The molecule has 1 aromatic carbocycles. The lowest BCUT2D eigenvalue weighted by molar-refractivity contribution is 0.489. The van der Waals surface area contributed by atoms with E-state index in [-0.39, 0.29) is 10.5 Å². The van der Waals surface area contributed by atoms with Crippen LogP contribution in [0.1, 0.15) is 24.2 Å². The molecule has 1 aromatic heterocycles. The van der Waals surface area contributed by atoms with Crippen LogP contribution in [0.5, 0.6) is 0 Å². The minimum absolute atomic E-state index is 0.126. The summed E-state index contributed by atoms with van der Waals surface area (Å²) in [6.45, 7) is 2.70. The highest BCUT2D eigenvalue weighted by molar-refractivity contribution is 9.10. The second-order valence-electron chi connectivity index (χ2n) is 4.56. The van der Waals surface area contributed by atoms with Gasteiger partial charge in [0.1, 0.15) is 0 Å². The summed E-state index contributed by atoms with van der Waals surface area (Å²) in [5.74, 6) is -1.71. The van der Waals surface area contributed by atoms with Gasteiger partial charge in [0.05, 0.1) is 10.2 Å². The van der Waals surface area contributed by atoms with Crippen molar-refractivity contribution in [3.05, 3.63) is 51.8 Å². The average Bonchev–Trinajstić information content (AvgIpc) is 2.81. The molecule has 2 aromatic rings. The minimum atomic E-state index is -0.855. The molecule has 1 unspecified atom stereocenters. The van der Waals surface area contributed by atoms with E-state index in [4.69, 9.17) is 0 Å². The van der Waals surface area contributed by atoms with Gasteiger partial charge in [-0.05, 0) is 40.2 Å². The largest absolute Gasteiger partial charge is 0.310 e. The van der Waals surface area contributed by atoms with Crippen molar-refractivity contribution >= 4 is 15.9 Å². The van der Waals surface area contributed by atoms with Gasteiger partial charge in [-0.15, -0.1) is 0 Å². The van der Waals surface area contributed by atoms with Gasteiger partial charge in [-0.3, -0.25) is 4.68 Å². The number of halogens is 3. The summed E-state index contributed by atoms with van der Waals surface area (Å²) in [6.07, 6.45) is 2.47. The molecule has 0 saturated heterocycles. The second-order valence-corrected chi connectivity index (χ2v) is 5.35. The van der Waals surface area contributed by atoms with Crippen molar-refractivity contribution in [2.24, 2.45) is 7.05 Å². The summed E-state index contributed by atoms with van der Waals surface area (Å²) in [7, 11) is 1.85. The normalized spacial score (nSPS) is 12.7. The zero-order valence-electron chi connectivity index (χ0n) is 11.3. The summed E-state index contributed by atoms with van der Waals surface area (Å²) in [5.41, 5.74) is 1.59. The van der Waals surface area contributed by atoms with Crippen LogP contribution in [0.4, 0.5) is 8.78 Å². The Labute approximate surface area is 125 Å². The Morgan fingerprint density at radius 2 is 2.10 bits per heavy atom. The molecule has 0 aliphatic carbocycles. The number of hydrogen-bond acceptors (Lipinski definition) is 2. The summed E-state index contributed by atoms with van der Waals surface area (Å²) < 4.78 is 28.8. The fourth-order valence-corrected chi connectivity index (χ4v) is 2.73. The molecule has 1 atom stereocenters. The lowest BCUT2D eigenvalue weighted by Crippen LogP contribution is -2.24. The predicted octanol–water partition coefficient (Wildman–Crippen LogP) is 3.35. The molecule has 0 spiro atoms. The molecule has 0 aliphatic rings. The third-order valence-corrected chi connectivity index (χ3v) is 3.88. The zero-order chi connectivity index (χ0) is 14.7.